The van der Waals surface area contributed by atoms with Gasteiger partial charge < -0.3 is 14.6 Å². The molecule has 36 heavy (non-hydrogen) atoms. The number of hydrogen-bond donors (Lipinski definition) is 1. The summed E-state index contributed by atoms with van der Waals surface area (Å²) in [6.45, 7) is 0. The third kappa shape index (κ3) is 3.56. The summed E-state index contributed by atoms with van der Waals surface area (Å²) in [6.07, 6.45) is 1.44. The number of para-hydroxylation sites is 1. The van der Waals surface area contributed by atoms with E-state index in [1.807, 2.05) is 71.4 Å². The molecule has 0 aliphatic carbocycles. The molecule has 1 unspecified atom stereocenters. The van der Waals surface area contributed by atoms with Crippen LogP contribution in [-0.2, 0) is 10.3 Å². The summed E-state index contributed by atoms with van der Waals surface area (Å²) in [5.41, 5.74) is 4.99. The van der Waals surface area contributed by atoms with Gasteiger partial charge in [0.1, 0.15) is 5.60 Å². The molecule has 5 aromatic rings. The SMILES string of the molecule is O=[N+]([O-])c1ccc(-n2cccc2C2Nc3ccccc3C(c3ccccc3)(c3ccccc3)O2)cc1. The average Bonchev–Trinajstić information content (AvgIpc) is 3.44. The van der Waals surface area contributed by atoms with Crippen molar-refractivity contribution in [3.8, 4) is 5.69 Å². The highest BCUT2D eigenvalue weighted by atomic mass is 16.6. The lowest BCUT2D eigenvalue weighted by molar-refractivity contribution is -0.384. The molecule has 0 spiro atoms. The Morgan fingerprint density at radius 2 is 1.36 bits per heavy atom. The molecule has 1 N–H and O–H groups in total. The van der Waals surface area contributed by atoms with Gasteiger partial charge in [-0.05, 0) is 41.5 Å². The minimum atomic E-state index is -0.848. The maximum atomic E-state index is 11.1. The summed E-state index contributed by atoms with van der Waals surface area (Å²) in [5.74, 6) is 0. The topological polar surface area (TPSA) is 69.3 Å². The van der Waals surface area contributed by atoms with Crippen molar-refractivity contribution < 1.29 is 9.66 Å². The van der Waals surface area contributed by atoms with Gasteiger partial charge in [0.2, 0.25) is 0 Å². The molecular weight excluding hydrogens is 450 g/mol. The second-order valence-corrected chi connectivity index (χ2v) is 8.68. The first-order valence-corrected chi connectivity index (χ1v) is 11.7. The van der Waals surface area contributed by atoms with Crippen LogP contribution in [0.4, 0.5) is 11.4 Å². The smallest absolute Gasteiger partial charge is 0.269 e. The van der Waals surface area contributed by atoms with Gasteiger partial charge in [-0.3, -0.25) is 10.1 Å². The van der Waals surface area contributed by atoms with E-state index in [-0.39, 0.29) is 5.69 Å². The van der Waals surface area contributed by atoms with Crippen molar-refractivity contribution in [1.82, 2.24) is 4.57 Å². The van der Waals surface area contributed by atoms with Crippen LogP contribution in [0.25, 0.3) is 5.69 Å². The Morgan fingerprint density at radius 1 is 0.750 bits per heavy atom. The normalized spacial score (nSPS) is 16.1. The summed E-state index contributed by atoms with van der Waals surface area (Å²) >= 11 is 0. The van der Waals surface area contributed by atoms with E-state index in [2.05, 4.69) is 41.7 Å². The quantitative estimate of drug-likeness (QED) is 0.225. The van der Waals surface area contributed by atoms with E-state index >= 15 is 0 Å². The van der Waals surface area contributed by atoms with Crippen molar-refractivity contribution in [2.45, 2.75) is 11.8 Å². The highest BCUT2D eigenvalue weighted by Gasteiger charge is 2.45. The summed E-state index contributed by atoms with van der Waals surface area (Å²) in [7, 11) is 0. The number of rotatable bonds is 5. The lowest BCUT2D eigenvalue weighted by Crippen LogP contribution is -2.41. The molecule has 6 heteroatoms. The number of aromatic nitrogens is 1. The summed E-state index contributed by atoms with van der Waals surface area (Å²) in [6, 6.07) is 39.3. The number of benzene rings is 4. The maximum absolute atomic E-state index is 11.1. The minimum Gasteiger partial charge on any atom is -0.355 e. The first-order valence-electron chi connectivity index (χ1n) is 11.7. The van der Waals surface area contributed by atoms with Crippen LogP contribution in [-0.4, -0.2) is 9.49 Å². The summed E-state index contributed by atoms with van der Waals surface area (Å²) < 4.78 is 9.10. The average molecular weight is 474 g/mol. The zero-order valence-electron chi connectivity index (χ0n) is 19.3. The number of fused-ring (bicyclic) bond motifs is 1. The fraction of sp³-hybridized carbons (Fsp3) is 0.0667. The van der Waals surface area contributed by atoms with Gasteiger partial charge in [0.15, 0.2) is 6.23 Å². The number of hydrogen-bond acceptors (Lipinski definition) is 4. The molecular formula is C30H23N3O3. The van der Waals surface area contributed by atoms with Crippen molar-refractivity contribution in [3.05, 3.63) is 160 Å². The second kappa shape index (κ2) is 8.83. The lowest BCUT2D eigenvalue weighted by atomic mass is 9.78. The van der Waals surface area contributed by atoms with Crippen LogP contribution in [0, 0.1) is 10.1 Å². The predicted molar refractivity (Wildman–Crippen MR) is 139 cm³/mol. The standard InChI is InChI=1S/C30H23N3O3/c34-33(35)25-19-17-24(18-20-25)32-21-9-16-28(32)29-31-27-15-8-7-14-26(27)30(36-29,22-10-3-1-4-11-22)23-12-5-2-6-13-23/h1-21,29,31H. The van der Waals surface area contributed by atoms with Crippen LogP contribution >= 0.6 is 0 Å². The first kappa shape index (κ1) is 21.8. The summed E-state index contributed by atoms with van der Waals surface area (Å²) in [5, 5.41) is 14.7. The van der Waals surface area contributed by atoms with E-state index in [4.69, 9.17) is 4.74 Å². The molecule has 0 saturated carbocycles. The van der Waals surface area contributed by atoms with Crippen LogP contribution in [0.1, 0.15) is 28.6 Å². The van der Waals surface area contributed by atoms with E-state index < -0.39 is 16.8 Å². The zero-order valence-corrected chi connectivity index (χ0v) is 19.3. The second-order valence-electron chi connectivity index (χ2n) is 8.68. The van der Waals surface area contributed by atoms with Gasteiger partial charge in [0.05, 0.1) is 10.6 Å². The molecule has 6 rings (SSSR count). The van der Waals surface area contributed by atoms with Crippen LogP contribution in [0.2, 0.25) is 0 Å². The molecule has 1 aliphatic rings. The van der Waals surface area contributed by atoms with Crippen LogP contribution in [0.3, 0.4) is 0 Å². The predicted octanol–water partition coefficient (Wildman–Crippen LogP) is 6.82. The molecule has 0 fully saturated rings. The van der Waals surface area contributed by atoms with Gasteiger partial charge in [0, 0.05) is 35.3 Å². The zero-order chi connectivity index (χ0) is 24.5. The number of anilines is 1. The van der Waals surface area contributed by atoms with Gasteiger partial charge in [0.25, 0.3) is 5.69 Å². The maximum Gasteiger partial charge on any atom is 0.269 e. The van der Waals surface area contributed by atoms with Crippen LogP contribution < -0.4 is 5.32 Å². The van der Waals surface area contributed by atoms with Gasteiger partial charge in [-0.15, -0.1) is 0 Å². The fourth-order valence-electron chi connectivity index (χ4n) is 5.00. The summed E-state index contributed by atoms with van der Waals surface area (Å²) in [4.78, 5) is 10.7. The van der Waals surface area contributed by atoms with E-state index in [0.717, 1.165) is 33.8 Å². The fourth-order valence-corrected chi connectivity index (χ4v) is 5.00. The lowest BCUT2D eigenvalue weighted by Gasteiger charge is -2.44. The van der Waals surface area contributed by atoms with Gasteiger partial charge in [-0.25, -0.2) is 0 Å². The Labute approximate surface area is 208 Å². The van der Waals surface area contributed by atoms with Crippen molar-refractivity contribution >= 4 is 11.4 Å². The van der Waals surface area contributed by atoms with Gasteiger partial charge in [-0.1, -0.05) is 78.9 Å². The number of ether oxygens (including phenoxy) is 1. The molecule has 0 amide bonds. The van der Waals surface area contributed by atoms with Crippen molar-refractivity contribution in [2.75, 3.05) is 5.32 Å². The number of nitro benzene ring substituents is 1. The molecule has 0 bridgehead atoms. The Kier molecular flexibility index (Phi) is 5.36. The number of nitrogens with one attached hydrogen (secondary N) is 1. The van der Waals surface area contributed by atoms with Crippen LogP contribution in [0.5, 0.6) is 0 Å². The largest absolute Gasteiger partial charge is 0.355 e. The van der Waals surface area contributed by atoms with Crippen molar-refractivity contribution in [3.63, 3.8) is 0 Å². The molecule has 4 aromatic carbocycles. The molecule has 1 aromatic heterocycles. The Morgan fingerprint density at radius 3 is 2.00 bits per heavy atom. The van der Waals surface area contributed by atoms with Crippen molar-refractivity contribution in [2.24, 2.45) is 0 Å². The molecule has 1 aliphatic heterocycles. The Bertz CT molecular complexity index is 1470. The van der Waals surface area contributed by atoms with E-state index in [1.54, 1.807) is 12.1 Å². The van der Waals surface area contributed by atoms with E-state index in [1.165, 1.54) is 12.1 Å². The molecule has 6 nitrogen and oxygen atoms in total. The minimum absolute atomic E-state index is 0.0561. The highest BCUT2D eigenvalue weighted by molar-refractivity contribution is 5.63. The third-order valence-corrected chi connectivity index (χ3v) is 6.64. The van der Waals surface area contributed by atoms with Gasteiger partial charge >= 0.3 is 0 Å². The number of nitrogens with zero attached hydrogens (tertiary/aromatic N) is 2. The van der Waals surface area contributed by atoms with Gasteiger partial charge in [-0.2, -0.15) is 0 Å². The molecule has 2 heterocycles. The molecule has 1 atom stereocenters. The van der Waals surface area contributed by atoms with E-state index in [9.17, 15) is 10.1 Å². The highest BCUT2D eigenvalue weighted by Crippen LogP contribution is 2.50. The number of non-ortho nitro benzene ring substituents is 1. The monoisotopic (exact) mass is 473 g/mol. The Hall–Kier alpha value is -4.68. The van der Waals surface area contributed by atoms with E-state index in [0.29, 0.717) is 0 Å². The Balaban J connectivity index is 1.52. The number of nitro groups is 1. The molecule has 0 radical (unpaired) electrons. The van der Waals surface area contributed by atoms with Crippen LogP contribution in [0.15, 0.2) is 128 Å². The molecule has 0 saturated heterocycles. The first-order chi connectivity index (χ1) is 17.7. The van der Waals surface area contributed by atoms with Crippen molar-refractivity contribution in [1.29, 1.82) is 0 Å². The molecule has 176 valence electrons. The third-order valence-electron chi connectivity index (χ3n) is 6.64.